The molecule has 0 aromatic carbocycles. The molecule has 7 nitrogen and oxygen atoms in total. The second-order valence-electron chi connectivity index (χ2n) is 8.20. The van der Waals surface area contributed by atoms with Crippen LogP contribution in [-0.4, -0.2) is 71.2 Å². The van der Waals surface area contributed by atoms with E-state index in [-0.39, 0.29) is 11.8 Å². The van der Waals surface area contributed by atoms with Gasteiger partial charge >= 0.3 is 0 Å². The third-order valence-electron chi connectivity index (χ3n) is 6.59. The maximum absolute atomic E-state index is 12.5. The topological polar surface area (TPSA) is 78.5 Å². The molecule has 27 heavy (non-hydrogen) atoms. The quantitative estimate of drug-likeness (QED) is 0.866. The summed E-state index contributed by atoms with van der Waals surface area (Å²) < 4.78 is 5.36. The maximum Gasteiger partial charge on any atom is 0.228 e. The van der Waals surface area contributed by atoms with Crippen LogP contribution in [0.25, 0.3) is 0 Å². The molecule has 0 radical (unpaired) electrons. The maximum atomic E-state index is 12.5. The largest absolute Gasteiger partial charge is 0.381 e. The third-order valence-corrected chi connectivity index (χ3v) is 6.59. The number of aromatic nitrogens is 2. The molecule has 3 saturated heterocycles. The van der Waals surface area contributed by atoms with Crippen LogP contribution in [0.15, 0.2) is 12.3 Å². The zero-order valence-corrected chi connectivity index (χ0v) is 15.9. The Bertz CT molecular complexity index is 626. The molecule has 2 amide bonds. The van der Waals surface area contributed by atoms with Crippen molar-refractivity contribution in [3.8, 4) is 0 Å². The molecule has 3 fully saturated rings. The Morgan fingerprint density at radius 3 is 2.26 bits per heavy atom. The number of H-pyrrole nitrogens is 1. The normalized spacial score (nSPS) is 25.1. The van der Waals surface area contributed by atoms with Crippen molar-refractivity contribution in [2.45, 2.75) is 38.5 Å². The van der Waals surface area contributed by atoms with E-state index in [1.807, 2.05) is 11.0 Å². The monoisotopic (exact) mass is 374 g/mol. The first-order chi connectivity index (χ1) is 13.2. The number of piperidine rings is 2. The SMILES string of the molecule is O=C(Cc1ccn[nH]1)N1CCC(C2CCN(C(=O)C3CCOC3)CC2)CC1. The lowest BCUT2D eigenvalue weighted by Gasteiger charge is -2.40. The first-order valence-corrected chi connectivity index (χ1v) is 10.3. The highest BCUT2D eigenvalue weighted by atomic mass is 16.5. The Labute approximate surface area is 160 Å². The van der Waals surface area contributed by atoms with Gasteiger partial charge in [-0.15, -0.1) is 0 Å². The van der Waals surface area contributed by atoms with Gasteiger partial charge in [0.15, 0.2) is 0 Å². The van der Waals surface area contributed by atoms with E-state index in [0.717, 1.165) is 70.6 Å². The van der Waals surface area contributed by atoms with Crippen LogP contribution in [0.4, 0.5) is 0 Å². The van der Waals surface area contributed by atoms with Crippen LogP contribution < -0.4 is 0 Å². The number of hydrogen-bond acceptors (Lipinski definition) is 4. The predicted octanol–water partition coefficient (Wildman–Crippen LogP) is 1.47. The lowest BCUT2D eigenvalue weighted by molar-refractivity contribution is -0.138. The number of ether oxygens (including phenoxy) is 1. The predicted molar refractivity (Wildman–Crippen MR) is 99.8 cm³/mol. The van der Waals surface area contributed by atoms with E-state index in [0.29, 0.717) is 30.8 Å². The minimum Gasteiger partial charge on any atom is -0.381 e. The number of amides is 2. The van der Waals surface area contributed by atoms with Gasteiger partial charge in [0.25, 0.3) is 0 Å². The van der Waals surface area contributed by atoms with Crippen LogP contribution in [0.1, 0.15) is 37.8 Å². The Kier molecular flexibility index (Phi) is 5.76. The zero-order valence-electron chi connectivity index (χ0n) is 15.9. The molecule has 1 aromatic rings. The Morgan fingerprint density at radius 1 is 1.04 bits per heavy atom. The summed E-state index contributed by atoms with van der Waals surface area (Å²) in [5.74, 6) is 1.96. The van der Waals surface area contributed by atoms with Crippen LogP contribution in [-0.2, 0) is 20.7 Å². The average Bonchev–Trinajstić information content (AvgIpc) is 3.42. The summed E-state index contributed by atoms with van der Waals surface area (Å²) in [6.45, 7) is 4.82. The summed E-state index contributed by atoms with van der Waals surface area (Å²) in [5.41, 5.74) is 0.881. The number of hydrogen-bond donors (Lipinski definition) is 1. The van der Waals surface area contributed by atoms with Crippen LogP contribution in [0.3, 0.4) is 0 Å². The van der Waals surface area contributed by atoms with Crippen molar-refractivity contribution in [1.29, 1.82) is 0 Å². The summed E-state index contributed by atoms with van der Waals surface area (Å²) in [4.78, 5) is 29.0. The fourth-order valence-corrected chi connectivity index (χ4v) is 4.86. The number of carbonyl (C=O) groups is 2. The molecule has 0 aliphatic carbocycles. The van der Waals surface area contributed by atoms with Crippen molar-refractivity contribution in [2.24, 2.45) is 17.8 Å². The molecule has 3 aliphatic heterocycles. The van der Waals surface area contributed by atoms with Crippen molar-refractivity contribution in [2.75, 3.05) is 39.4 Å². The lowest BCUT2D eigenvalue weighted by Crippen LogP contribution is -2.45. The van der Waals surface area contributed by atoms with Gasteiger partial charge in [-0.25, -0.2) is 0 Å². The lowest BCUT2D eigenvalue weighted by atomic mass is 9.78. The van der Waals surface area contributed by atoms with E-state index >= 15 is 0 Å². The standard InChI is InChI=1S/C20H30N4O3/c25-19(13-18-1-7-21-22-18)23-8-2-15(3-9-23)16-4-10-24(11-5-16)20(26)17-6-12-27-14-17/h1,7,15-17H,2-6,8-14H2,(H,21,22). The number of nitrogens with one attached hydrogen (secondary N) is 1. The number of aromatic amines is 1. The van der Waals surface area contributed by atoms with Crippen molar-refractivity contribution in [3.63, 3.8) is 0 Å². The van der Waals surface area contributed by atoms with E-state index in [1.54, 1.807) is 6.20 Å². The fraction of sp³-hybridized carbons (Fsp3) is 0.750. The minimum atomic E-state index is 0.0886. The van der Waals surface area contributed by atoms with Crippen molar-refractivity contribution in [1.82, 2.24) is 20.0 Å². The van der Waals surface area contributed by atoms with Crippen LogP contribution in [0.5, 0.6) is 0 Å². The van der Waals surface area contributed by atoms with Gasteiger partial charge in [0.2, 0.25) is 11.8 Å². The van der Waals surface area contributed by atoms with Crippen molar-refractivity contribution in [3.05, 3.63) is 18.0 Å². The van der Waals surface area contributed by atoms with E-state index in [4.69, 9.17) is 4.74 Å². The molecule has 4 heterocycles. The van der Waals surface area contributed by atoms with E-state index in [2.05, 4.69) is 15.1 Å². The Morgan fingerprint density at radius 2 is 1.70 bits per heavy atom. The van der Waals surface area contributed by atoms with Gasteiger partial charge in [-0.05, 0) is 50.0 Å². The molecule has 0 spiro atoms. The third kappa shape index (κ3) is 4.34. The number of rotatable bonds is 4. The van der Waals surface area contributed by atoms with E-state index in [9.17, 15) is 9.59 Å². The molecule has 4 rings (SSSR count). The molecular formula is C20H30N4O3. The molecule has 1 N–H and O–H groups in total. The highest BCUT2D eigenvalue weighted by molar-refractivity contribution is 5.79. The molecule has 1 atom stereocenters. The second-order valence-corrected chi connectivity index (χ2v) is 8.20. The smallest absolute Gasteiger partial charge is 0.228 e. The first kappa shape index (κ1) is 18.5. The Hall–Kier alpha value is -1.89. The summed E-state index contributed by atoms with van der Waals surface area (Å²) in [7, 11) is 0. The van der Waals surface area contributed by atoms with E-state index in [1.165, 1.54) is 0 Å². The number of nitrogens with zero attached hydrogens (tertiary/aromatic N) is 3. The highest BCUT2D eigenvalue weighted by Gasteiger charge is 2.34. The van der Waals surface area contributed by atoms with Crippen LogP contribution >= 0.6 is 0 Å². The molecule has 148 valence electrons. The van der Waals surface area contributed by atoms with E-state index < -0.39 is 0 Å². The molecule has 0 bridgehead atoms. The van der Waals surface area contributed by atoms with Gasteiger partial charge in [-0.3, -0.25) is 14.7 Å². The molecule has 1 unspecified atom stereocenters. The molecule has 0 saturated carbocycles. The summed E-state index contributed by atoms with van der Waals surface area (Å²) in [6, 6.07) is 1.86. The summed E-state index contributed by atoms with van der Waals surface area (Å²) in [6.07, 6.45) is 7.36. The molecule has 7 heteroatoms. The molecule has 1 aromatic heterocycles. The van der Waals surface area contributed by atoms with Gasteiger partial charge < -0.3 is 14.5 Å². The second kappa shape index (κ2) is 8.42. The average molecular weight is 374 g/mol. The molecular weight excluding hydrogens is 344 g/mol. The van der Waals surface area contributed by atoms with Crippen molar-refractivity contribution >= 4 is 11.8 Å². The van der Waals surface area contributed by atoms with Gasteiger partial charge in [0.1, 0.15) is 0 Å². The minimum absolute atomic E-state index is 0.0886. The van der Waals surface area contributed by atoms with Gasteiger partial charge in [0.05, 0.1) is 18.9 Å². The number of likely N-dealkylation sites (tertiary alicyclic amines) is 2. The zero-order chi connectivity index (χ0) is 18.6. The van der Waals surface area contributed by atoms with Crippen molar-refractivity contribution < 1.29 is 14.3 Å². The summed E-state index contributed by atoms with van der Waals surface area (Å²) >= 11 is 0. The van der Waals surface area contributed by atoms with Crippen LogP contribution in [0.2, 0.25) is 0 Å². The summed E-state index contributed by atoms with van der Waals surface area (Å²) in [5, 5.41) is 6.77. The highest BCUT2D eigenvalue weighted by Crippen LogP contribution is 2.33. The van der Waals surface area contributed by atoms with Gasteiger partial charge in [-0.2, -0.15) is 5.10 Å². The van der Waals surface area contributed by atoms with Crippen LogP contribution in [0, 0.1) is 17.8 Å². The van der Waals surface area contributed by atoms with Gasteiger partial charge in [0, 0.05) is 44.7 Å². The van der Waals surface area contributed by atoms with Gasteiger partial charge in [-0.1, -0.05) is 0 Å². The first-order valence-electron chi connectivity index (χ1n) is 10.3. The molecule has 3 aliphatic rings. The number of carbonyl (C=O) groups excluding carboxylic acids is 2. The fourth-order valence-electron chi connectivity index (χ4n) is 4.86. The Balaban J connectivity index is 1.20.